The molecule has 0 aromatic carbocycles. The summed E-state index contributed by atoms with van der Waals surface area (Å²) in [5, 5.41) is 11.2. The molecule has 2 aliphatic carbocycles. The fourth-order valence-corrected chi connectivity index (χ4v) is 3.61. The number of aliphatic carboxylic acids is 1. The zero-order chi connectivity index (χ0) is 20.3. The Morgan fingerprint density at radius 3 is 2.64 bits per heavy atom. The molecule has 1 N–H and O–H groups in total. The molecule has 2 heterocycles. The number of carbonyl (C=O) groups is 1. The minimum atomic E-state index is -5.08. The summed E-state index contributed by atoms with van der Waals surface area (Å²) in [6, 6.07) is 2.50. The molecule has 0 amide bonds. The number of fused-ring (bicyclic) bond motifs is 1. The van der Waals surface area contributed by atoms with Crippen molar-refractivity contribution >= 4 is 5.97 Å². The highest BCUT2D eigenvalue weighted by Gasteiger charge is 2.44. The average molecular weight is 406 g/mol. The first-order valence-electron chi connectivity index (χ1n) is 9.43. The molecular weight excluding hydrogens is 381 g/mol. The van der Waals surface area contributed by atoms with Crippen molar-refractivity contribution in [1.82, 2.24) is 10.1 Å². The van der Waals surface area contributed by atoms with Gasteiger partial charge in [-0.15, -0.1) is 0 Å². The third-order valence-electron chi connectivity index (χ3n) is 5.18. The van der Waals surface area contributed by atoms with Gasteiger partial charge in [0.25, 0.3) is 0 Å². The lowest BCUT2D eigenvalue weighted by atomic mass is 10.1. The molecule has 3 atom stereocenters. The molecule has 4 rings (SSSR count). The number of hydrogen-bond acceptors (Lipinski definition) is 6. The molecule has 158 valence electrons. The van der Waals surface area contributed by atoms with Crippen molar-refractivity contribution < 1.29 is 37.1 Å². The van der Waals surface area contributed by atoms with Crippen LogP contribution in [0.3, 0.4) is 0 Å². The van der Waals surface area contributed by atoms with Crippen LogP contribution in [-0.4, -0.2) is 65.3 Å². The van der Waals surface area contributed by atoms with E-state index >= 15 is 0 Å². The summed E-state index contributed by atoms with van der Waals surface area (Å²) < 4.78 is 49.1. The van der Waals surface area contributed by atoms with Crippen LogP contribution in [0, 0.1) is 12.8 Å². The van der Waals surface area contributed by atoms with Gasteiger partial charge in [-0.3, -0.25) is 4.90 Å². The molecule has 0 unspecified atom stereocenters. The number of hydrogen-bond donors (Lipinski definition) is 1. The molecule has 0 spiro atoms. The van der Waals surface area contributed by atoms with Crippen LogP contribution in [-0.2, 0) is 20.8 Å². The van der Waals surface area contributed by atoms with E-state index in [1.165, 1.54) is 12.8 Å². The second-order valence-electron chi connectivity index (χ2n) is 7.50. The van der Waals surface area contributed by atoms with E-state index in [0.717, 1.165) is 56.5 Å². The summed E-state index contributed by atoms with van der Waals surface area (Å²) in [5.74, 6) is -1.05. The number of halogens is 3. The van der Waals surface area contributed by atoms with E-state index in [1.54, 1.807) is 0 Å². The highest BCUT2D eigenvalue weighted by Crippen LogP contribution is 2.35. The Morgan fingerprint density at radius 1 is 1.36 bits per heavy atom. The number of carboxylic acids is 1. The first kappa shape index (κ1) is 21.1. The van der Waals surface area contributed by atoms with Gasteiger partial charge >= 0.3 is 12.1 Å². The SMILES string of the molecule is Cc1cc(CN2CCO[C@H]3[C@@H](OCC4CC4)CC[C@@H]32)no1.O=C(O)C(F)(F)F. The predicted octanol–water partition coefficient (Wildman–Crippen LogP) is 2.77. The number of ether oxygens (including phenoxy) is 2. The van der Waals surface area contributed by atoms with Gasteiger partial charge in [0.15, 0.2) is 0 Å². The van der Waals surface area contributed by atoms with E-state index in [2.05, 4.69) is 10.1 Å². The van der Waals surface area contributed by atoms with Crippen LogP contribution >= 0.6 is 0 Å². The largest absolute Gasteiger partial charge is 0.490 e. The van der Waals surface area contributed by atoms with E-state index in [9.17, 15) is 13.2 Å². The Labute approximate surface area is 160 Å². The molecule has 10 heteroatoms. The minimum absolute atomic E-state index is 0.241. The van der Waals surface area contributed by atoms with Crippen LogP contribution in [0.5, 0.6) is 0 Å². The molecule has 1 saturated heterocycles. The molecule has 1 aromatic rings. The summed E-state index contributed by atoms with van der Waals surface area (Å²) in [5.41, 5.74) is 1.02. The topological polar surface area (TPSA) is 85.0 Å². The fraction of sp³-hybridized carbons (Fsp3) is 0.778. The van der Waals surface area contributed by atoms with Gasteiger partial charge < -0.3 is 19.1 Å². The van der Waals surface area contributed by atoms with Gasteiger partial charge in [-0.1, -0.05) is 5.16 Å². The van der Waals surface area contributed by atoms with Gasteiger partial charge in [-0.05, 0) is 38.5 Å². The van der Waals surface area contributed by atoms with Crippen LogP contribution in [0.1, 0.15) is 37.1 Å². The lowest BCUT2D eigenvalue weighted by Crippen LogP contribution is -2.51. The fourth-order valence-electron chi connectivity index (χ4n) is 3.61. The van der Waals surface area contributed by atoms with Crippen molar-refractivity contribution in [3.63, 3.8) is 0 Å². The zero-order valence-electron chi connectivity index (χ0n) is 15.7. The number of aryl methyl sites for hydroxylation is 1. The summed E-state index contributed by atoms with van der Waals surface area (Å²) in [7, 11) is 0. The van der Waals surface area contributed by atoms with Crippen molar-refractivity contribution in [3.05, 3.63) is 17.5 Å². The Kier molecular flexibility index (Phi) is 6.61. The molecule has 0 radical (unpaired) electrons. The van der Waals surface area contributed by atoms with Gasteiger partial charge in [0.1, 0.15) is 5.76 Å². The second kappa shape index (κ2) is 8.79. The standard InChI is InChI=1S/C16H24N2O3.C2HF3O2/c1-11-8-13(17-21-11)9-18-6-7-19-16-14(18)4-5-15(16)20-10-12-2-3-12;3-2(4,5)1(6)7/h8,12,14-16H,2-7,9-10H2,1H3;(H,6,7)/t14-,15-,16+;/m0./s1. The number of rotatable bonds is 5. The molecule has 28 heavy (non-hydrogen) atoms. The summed E-state index contributed by atoms with van der Waals surface area (Å²) >= 11 is 0. The van der Waals surface area contributed by atoms with E-state index in [-0.39, 0.29) is 12.2 Å². The molecule has 2 saturated carbocycles. The van der Waals surface area contributed by atoms with E-state index < -0.39 is 12.1 Å². The van der Waals surface area contributed by atoms with Gasteiger partial charge in [0.05, 0.1) is 24.5 Å². The van der Waals surface area contributed by atoms with Crippen LogP contribution in [0.15, 0.2) is 10.6 Å². The lowest BCUT2D eigenvalue weighted by Gasteiger charge is -2.38. The molecular formula is C18H25F3N2O5. The quantitative estimate of drug-likeness (QED) is 0.805. The van der Waals surface area contributed by atoms with Gasteiger partial charge in [0.2, 0.25) is 0 Å². The molecule has 7 nitrogen and oxygen atoms in total. The van der Waals surface area contributed by atoms with E-state index in [1.807, 2.05) is 13.0 Å². The number of aromatic nitrogens is 1. The third-order valence-corrected chi connectivity index (χ3v) is 5.18. The van der Waals surface area contributed by atoms with E-state index in [0.29, 0.717) is 6.04 Å². The Bertz CT molecular complexity index is 662. The molecule has 1 aliphatic heterocycles. The predicted molar refractivity (Wildman–Crippen MR) is 90.6 cm³/mol. The van der Waals surface area contributed by atoms with Gasteiger partial charge in [0, 0.05) is 31.8 Å². The van der Waals surface area contributed by atoms with Crippen LogP contribution in [0.25, 0.3) is 0 Å². The van der Waals surface area contributed by atoms with Crippen LogP contribution in [0.2, 0.25) is 0 Å². The average Bonchev–Trinajstić information content (AvgIpc) is 3.22. The highest BCUT2D eigenvalue weighted by molar-refractivity contribution is 5.73. The maximum Gasteiger partial charge on any atom is 0.490 e. The monoisotopic (exact) mass is 406 g/mol. The normalized spacial score (nSPS) is 27.8. The number of morpholine rings is 1. The minimum Gasteiger partial charge on any atom is -0.475 e. The first-order chi connectivity index (χ1) is 13.2. The Hall–Kier alpha value is -1.65. The first-order valence-corrected chi connectivity index (χ1v) is 9.43. The van der Waals surface area contributed by atoms with Gasteiger partial charge in [-0.2, -0.15) is 13.2 Å². The molecule has 0 bridgehead atoms. The summed E-state index contributed by atoms with van der Waals surface area (Å²) in [6.07, 6.45) is 0.425. The van der Waals surface area contributed by atoms with Crippen molar-refractivity contribution in [1.29, 1.82) is 0 Å². The molecule has 3 fully saturated rings. The van der Waals surface area contributed by atoms with Gasteiger partial charge in [-0.25, -0.2) is 4.79 Å². The maximum atomic E-state index is 10.6. The highest BCUT2D eigenvalue weighted by atomic mass is 19.4. The lowest BCUT2D eigenvalue weighted by molar-refractivity contribution is -0.192. The number of alkyl halides is 3. The molecule has 1 aromatic heterocycles. The van der Waals surface area contributed by atoms with Crippen molar-refractivity contribution in [2.45, 2.75) is 63.6 Å². The van der Waals surface area contributed by atoms with Crippen LogP contribution in [0.4, 0.5) is 13.2 Å². The Morgan fingerprint density at radius 2 is 2.07 bits per heavy atom. The van der Waals surface area contributed by atoms with E-state index in [4.69, 9.17) is 23.9 Å². The smallest absolute Gasteiger partial charge is 0.475 e. The summed E-state index contributed by atoms with van der Waals surface area (Å²) in [4.78, 5) is 11.4. The maximum absolute atomic E-state index is 10.6. The van der Waals surface area contributed by atoms with Crippen molar-refractivity contribution in [3.8, 4) is 0 Å². The summed E-state index contributed by atoms with van der Waals surface area (Å²) in [6.45, 7) is 5.50. The van der Waals surface area contributed by atoms with Crippen LogP contribution < -0.4 is 0 Å². The number of carboxylic acid groups (broad SMARTS) is 1. The Balaban J connectivity index is 0.000000279. The van der Waals surface area contributed by atoms with Crippen molar-refractivity contribution in [2.75, 3.05) is 19.8 Å². The zero-order valence-corrected chi connectivity index (χ0v) is 15.7. The molecule has 3 aliphatic rings. The third kappa shape index (κ3) is 5.68. The van der Waals surface area contributed by atoms with Crippen molar-refractivity contribution in [2.24, 2.45) is 5.92 Å². The number of nitrogens with zero attached hydrogens (tertiary/aromatic N) is 2. The second-order valence-corrected chi connectivity index (χ2v) is 7.50.